The first kappa shape index (κ1) is 11.4. The molecule has 17 heavy (non-hydrogen) atoms. The molecule has 90 valence electrons. The van der Waals surface area contributed by atoms with Crippen LogP contribution in [0.2, 0.25) is 5.15 Å². The summed E-state index contributed by atoms with van der Waals surface area (Å²) in [6.45, 7) is 0. The van der Waals surface area contributed by atoms with Crippen LogP contribution in [0.15, 0.2) is 24.4 Å². The Balaban J connectivity index is 1.83. The standard InChI is InChI=1S/C13H15ClN2S/c14-12-4-1-5-13-15-11(8-16(12)13)7-10-3-2-6-17-9-10/h1,4-5,8,10H,2-3,6-7,9H2. The molecule has 0 aliphatic carbocycles. The average Bonchev–Trinajstić information content (AvgIpc) is 2.74. The second-order valence-corrected chi connectivity index (χ2v) is 6.13. The Morgan fingerprint density at radius 3 is 3.18 bits per heavy atom. The van der Waals surface area contributed by atoms with E-state index in [2.05, 4.69) is 22.9 Å². The summed E-state index contributed by atoms with van der Waals surface area (Å²) in [5.41, 5.74) is 2.13. The molecule has 0 aromatic carbocycles. The first-order chi connectivity index (χ1) is 8.33. The van der Waals surface area contributed by atoms with Crippen LogP contribution in [0, 0.1) is 5.92 Å². The van der Waals surface area contributed by atoms with Crippen LogP contribution in [0.1, 0.15) is 18.5 Å². The lowest BCUT2D eigenvalue weighted by molar-refractivity contribution is 0.516. The molecule has 2 aromatic heterocycles. The van der Waals surface area contributed by atoms with Crippen molar-refractivity contribution in [3.63, 3.8) is 0 Å². The van der Waals surface area contributed by atoms with E-state index >= 15 is 0 Å². The van der Waals surface area contributed by atoms with Gasteiger partial charge in [0.2, 0.25) is 0 Å². The fourth-order valence-electron chi connectivity index (χ4n) is 2.39. The Morgan fingerprint density at radius 2 is 2.41 bits per heavy atom. The van der Waals surface area contributed by atoms with Crippen molar-refractivity contribution in [1.82, 2.24) is 9.38 Å². The highest BCUT2D eigenvalue weighted by molar-refractivity contribution is 7.99. The van der Waals surface area contributed by atoms with Gasteiger partial charge in [0.25, 0.3) is 0 Å². The summed E-state index contributed by atoms with van der Waals surface area (Å²) >= 11 is 8.20. The van der Waals surface area contributed by atoms with Crippen LogP contribution in [0.4, 0.5) is 0 Å². The van der Waals surface area contributed by atoms with Crippen molar-refractivity contribution in [3.8, 4) is 0 Å². The summed E-state index contributed by atoms with van der Waals surface area (Å²) in [5.74, 6) is 3.40. The highest BCUT2D eigenvalue weighted by Crippen LogP contribution is 2.26. The molecule has 0 N–H and O–H groups in total. The fourth-order valence-corrected chi connectivity index (χ4v) is 3.75. The van der Waals surface area contributed by atoms with Gasteiger partial charge < -0.3 is 0 Å². The summed E-state index contributed by atoms with van der Waals surface area (Å²) in [6, 6.07) is 5.85. The molecular weight excluding hydrogens is 252 g/mol. The number of nitrogens with zero attached hydrogens (tertiary/aromatic N) is 2. The third-order valence-corrected chi connectivity index (χ3v) is 4.84. The van der Waals surface area contributed by atoms with E-state index < -0.39 is 0 Å². The van der Waals surface area contributed by atoms with Crippen LogP contribution in [0.3, 0.4) is 0 Å². The van der Waals surface area contributed by atoms with Gasteiger partial charge in [-0.25, -0.2) is 4.98 Å². The molecular formula is C13H15ClN2S. The van der Waals surface area contributed by atoms with Crippen molar-refractivity contribution in [3.05, 3.63) is 35.2 Å². The van der Waals surface area contributed by atoms with E-state index in [4.69, 9.17) is 11.6 Å². The zero-order valence-electron chi connectivity index (χ0n) is 9.60. The minimum absolute atomic E-state index is 0.735. The van der Waals surface area contributed by atoms with Crippen LogP contribution >= 0.6 is 23.4 Å². The highest BCUT2D eigenvalue weighted by atomic mass is 35.5. The van der Waals surface area contributed by atoms with Crippen molar-refractivity contribution < 1.29 is 0 Å². The van der Waals surface area contributed by atoms with Gasteiger partial charge >= 0.3 is 0 Å². The van der Waals surface area contributed by atoms with E-state index in [0.29, 0.717) is 0 Å². The maximum Gasteiger partial charge on any atom is 0.138 e. The lowest BCUT2D eigenvalue weighted by Gasteiger charge is -2.19. The molecule has 1 saturated heterocycles. The topological polar surface area (TPSA) is 17.3 Å². The summed E-state index contributed by atoms with van der Waals surface area (Å²) < 4.78 is 1.97. The van der Waals surface area contributed by atoms with Crippen molar-refractivity contribution >= 4 is 29.0 Å². The predicted octanol–water partition coefficient (Wildman–Crippen LogP) is 3.67. The maximum atomic E-state index is 6.13. The molecule has 0 spiro atoms. The number of fused-ring (bicyclic) bond motifs is 1. The van der Waals surface area contributed by atoms with Crippen molar-refractivity contribution in [1.29, 1.82) is 0 Å². The van der Waals surface area contributed by atoms with Gasteiger partial charge in [-0.3, -0.25) is 4.40 Å². The first-order valence-electron chi connectivity index (χ1n) is 6.03. The molecule has 0 bridgehead atoms. The monoisotopic (exact) mass is 266 g/mol. The lowest BCUT2D eigenvalue weighted by atomic mass is 10.00. The quantitative estimate of drug-likeness (QED) is 0.772. The number of hydrogen-bond acceptors (Lipinski definition) is 2. The molecule has 1 fully saturated rings. The molecule has 0 saturated carbocycles. The summed E-state index contributed by atoms with van der Waals surface area (Å²) in [4.78, 5) is 4.64. The van der Waals surface area contributed by atoms with Gasteiger partial charge in [0.15, 0.2) is 0 Å². The highest BCUT2D eigenvalue weighted by Gasteiger charge is 2.16. The van der Waals surface area contributed by atoms with E-state index in [1.54, 1.807) is 0 Å². The van der Waals surface area contributed by atoms with Crippen molar-refractivity contribution in [2.45, 2.75) is 19.3 Å². The van der Waals surface area contributed by atoms with Gasteiger partial charge in [-0.2, -0.15) is 11.8 Å². The molecule has 0 radical (unpaired) electrons. The Bertz CT molecular complexity index is 517. The third-order valence-electron chi connectivity index (χ3n) is 3.24. The van der Waals surface area contributed by atoms with Crippen LogP contribution in [-0.2, 0) is 6.42 Å². The molecule has 1 aliphatic rings. The molecule has 4 heteroatoms. The number of pyridine rings is 1. The SMILES string of the molecule is Clc1cccc2nc(CC3CCCSC3)cn12. The molecule has 2 nitrogen and oxygen atoms in total. The minimum atomic E-state index is 0.735. The van der Waals surface area contributed by atoms with E-state index in [1.165, 1.54) is 30.0 Å². The van der Waals surface area contributed by atoms with E-state index in [1.807, 2.05) is 22.6 Å². The second kappa shape index (κ2) is 4.91. The van der Waals surface area contributed by atoms with Crippen LogP contribution in [0.5, 0.6) is 0 Å². The number of imidazole rings is 1. The Morgan fingerprint density at radius 1 is 1.47 bits per heavy atom. The first-order valence-corrected chi connectivity index (χ1v) is 7.56. The third kappa shape index (κ3) is 2.45. The van der Waals surface area contributed by atoms with Crippen LogP contribution in [0.25, 0.3) is 5.65 Å². The molecule has 3 rings (SSSR count). The van der Waals surface area contributed by atoms with Gasteiger partial charge in [0.1, 0.15) is 10.8 Å². The summed E-state index contributed by atoms with van der Waals surface area (Å²) in [5, 5.41) is 0.735. The number of thioether (sulfide) groups is 1. The number of halogens is 1. The average molecular weight is 267 g/mol. The van der Waals surface area contributed by atoms with Crippen LogP contribution in [-0.4, -0.2) is 20.9 Å². The minimum Gasteiger partial charge on any atom is -0.290 e. The van der Waals surface area contributed by atoms with Gasteiger partial charge in [-0.15, -0.1) is 0 Å². The van der Waals surface area contributed by atoms with Crippen LogP contribution < -0.4 is 0 Å². The van der Waals surface area contributed by atoms with Gasteiger partial charge in [-0.05, 0) is 48.8 Å². The predicted molar refractivity (Wildman–Crippen MR) is 74.0 cm³/mol. The molecule has 2 aromatic rings. The molecule has 1 aliphatic heterocycles. The number of hydrogen-bond donors (Lipinski definition) is 0. The zero-order chi connectivity index (χ0) is 11.7. The van der Waals surface area contributed by atoms with Gasteiger partial charge in [-0.1, -0.05) is 17.7 Å². The largest absolute Gasteiger partial charge is 0.290 e. The van der Waals surface area contributed by atoms with Gasteiger partial charge in [0, 0.05) is 6.20 Å². The van der Waals surface area contributed by atoms with Crippen molar-refractivity contribution in [2.24, 2.45) is 5.92 Å². The number of aromatic nitrogens is 2. The van der Waals surface area contributed by atoms with E-state index in [0.717, 1.165) is 23.1 Å². The second-order valence-electron chi connectivity index (χ2n) is 4.60. The molecule has 1 atom stereocenters. The fraction of sp³-hybridized carbons (Fsp3) is 0.462. The molecule has 3 heterocycles. The summed E-state index contributed by atoms with van der Waals surface area (Å²) in [6.07, 6.45) is 5.86. The normalized spacial score (nSPS) is 20.9. The Hall–Kier alpha value is -0.670. The lowest BCUT2D eigenvalue weighted by Crippen LogP contribution is -2.13. The molecule has 0 amide bonds. The maximum absolute atomic E-state index is 6.13. The van der Waals surface area contributed by atoms with Crippen molar-refractivity contribution in [2.75, 3.05) is 11.5 Å². The smallest absolute Gasteiger partial charge is 0.138 e. The molecule has 1 unspecified atom stereocenters. The Labute approximate surface area is 110 Å². The van der Waals surface area contributed by atoms with E-state index in [-0.39, 0.29) is 0 Å². The van der Waals surface area contributed by atoms with Gasteiger partial charge in [0.05, 0.1) is 5.69 Å². The Kier molecular flexibility index (Phi) is 3.30. The number of rotatable bonds is 2. The summed E-state index contributed by atoms with van der Waals surface area (Å²) in [7, 11) is 0. The zero-order valence-corrected chi connectivity index (χ0v) is 11.2. The van der Waals surface area contributed by atoms with E-state index in [9.17, 15) is 0 Å².